The summed E-state index contributed by atoms with van der Waals surface area (Å²) in [5, 5.41) is 7.34. The molecule has 0 saturated carbocycles. The normalized spacial score (nSPS) is 12.7. The highest BCUT2D eigenvalue weighted by Crippen LogP contribution is 2.41. The second kappa shape index (κ2) is 11.2. The number of hydrogen-bond donors (Lipinski definition) is 0. The number of hydrogen-bond acceptors (Lipinski definition) is 1. The minimum atomic E-state index is 0.0251. The van der Waals surface area contributed by atoms with Gasteiger partial charge < -0.3 is 13.6 Å². The molecule has 3 aromatic heterocycles. The molecular formula is C50H42N2O. The first-order valence-corrected chi connectivity index (χ1v) is 18.7. The lowest BCUT2D eigenvalue weighted by atomic mass is 9.86. The molecule has 0 amide bonds. The summed E-state index contributed by atoms with van der Waals surface area (Å²) in [5.41, 5.74) is 14.1. The van der Waals surface area contributed by atoms with Gasteiger partial charge in [-0.3, -0.25) is 0 Å². The van der Waals surface area contributed by atoms with Gasteiger partial charge in [-0.25, -0.2) is 0 Å². The van der Waals surface area contributed by atoms with E-state index in [4.69, 9.17) is 4.42 Å². The molecule has 0 unspecified atom stereocenters. The zero-order valence-corrected chi connectivity index (χ0v) is 31.2. The predicted octanol–water partition coefficient (Wildman–Crippen LogP) is 14.0. The van der Waals surface area contributed by atoms with E-state index in [0.29, 0.717) is 0 Å². The van der Waals surface area contributed by atoms with Crippen LogP contribution >= 0.6 is 0 Å². The fraction of sp³-hybridized carbons (Fsp3) is 0.160. The quantitative estimate of drug-likeness (QED) is 0.181. The topological polar surface area (TPSA) is 23.0 Å². The third-order valence-corrected chi connectivity index (χ3v) is 11.2. The maximum Gasteiger partial charge on any atom is 0.137 e. The van der Waals surface area contributed by atoms with Gasteiger partial charge in [-0.05, 0) is 112 Å². The van der Waals surface area contributed by atoms with E-state index < -0.39 is 0 Å². The fourth-order valence-corrected chi connectivity index (χ4v) is 8.33. The van der Waals surface area contributed by atoms with Crippen molar-refractivity contribution in [3.05, 3.63) is 157 Å². The van der Waals surface area contributed by atoms with Crippen LogP contribution in [-0.4, -0.2) is 9.13 Å². The molecule has 0 bridgehead atoms. The van der Waals surface area contributed by atoms with Crippen molar-refractivity contribution < 1.29 is 4.42 Å². The van der Waals surface area contributed by atoms with Gasteiger partial charge in [0.15, 0.2) is 0 Å². The van der Waals surface area contributed by atoms with Crippen LogP contribution in [0.1, 0.15) is 52.7 Å². The van der Waals surface area contributed by atoms with Crippen LogP contribution in [0.2, 0.25) is 0 Å². The Morgan fingerprint density at radius 1 is 0.358 bits per heavy atom. The molecule has 0 fully saturated rings. The minimum Gasteiger partial charge on any atom is -0.456 e. The highest BCUT2D eigenvalue weighted by atomic mass is 16.3. The highest BCUT2D eigenvalue weighted by Gasteiger charge is 2.21. The second-order valence-electron chi connectivity index (χ2n) is 16.7. The van der Waals surface area contributed by atoms with Gasteiger partial charge >= 0.3 is 0 Å². The molecule has 0 aliphatic carbocycles. The zero-order valence-electron chi connectivity index (χ0n) is 31.2. The van der Waals surface area contributed by atoms with E-state index in [-0.39, 0.29) is 10.8 Å². The molecule has 0 N–H and O–H groups in total. The maximum atomic E-state index is 6.36. The Hall–Kier alpha value is -6.06. The lowest BCUT2D eigenvalue weighted by Gasteiger charge is -2.19. The van der Waals surface area contributed by atoms with Crippen LogP contribution in [0.25, 0.3) is 88.1 Å². The monoisotopic (exact) mass is 686 g/mol. The van der Waals surface area contributed by atoms with E-state index in [1.165, 1.54) is 71.6 Å². The average Bonchev–Trinajstić information content (AvgIpc) is 3.80. The highest BCUT2D eigenvalue weighted by molar-refractivity contribution is 6.13. The number of para-hydroxylation sites is 2. The van der Waals surface area contributed by atoms with Crippen molar-refractivity contribution in [2.24, 2.45) is 0 Å². The summed E-state index contributed by atoms with van der Waals surface area (Å²) in [6, 6.07) is 53.7. The number of fused-ring (bicyclic) bond motifs is 9. The molecule has 10 rings (SSSR count). The molecule has 10 aromatic rings. The summed E-state index contributed by atoms with van der Waals surface area (Å²) >= 11 is 0. The van der Waals surface area contributed by atoms with Crippen molar-refractivity contribution in [3.8, 4) is 22.5 Å². The summed E-state index contributed by atoms with van der Waals surface area (Å²) in [4.78, 5) is 0. The molecule has 3 heterocycles. The first-order valence-electron chi connectivity index (χ1n) is 18.7. The molecule has 0 radical (unpaired) electrons. The molecular weight excluding hydrogens is 645 g/mol. The molecule has 3 nitrogen and oxygen atoms in total. The number of rotatable bonds is 3. The largest absolute Gasteiger partial charge is 0.456 e. The van der Waals surface area contributed by atoms with E-state index in [2.05, 4.69) is 184 Å². The predicted molar refractivity (Wildman–Crippen MR) is 225 cm³/mol. The molecule has 0 atom stereocenters. The zero-order chi connectivity index (χ0) is 36.2. The summed E-state index contributed by atoms with van der Waals surface area (Å²) in [6.45, 7) is 13.8. The van der Waals surface area contributed by atoms with Crippen LogP contribution in [0.4, 0.5) is 0 Å². The molecule has 0 saturated heterocycles. The number of benzene rings is 7. The molecule has 53 heavy (non-hydrogen) atoms. The number of aromatic nitrogens is 2. The Bertz CT molecular complexity index is 3060. The number of nitrogens with zero attached hydrogens (tertiary/aromatic N) is 2. The fourth-order valence-electron chi connectivity index (χ4n) is 8.33. The third-order valence-electron chi connectivity index (χ3n) is 11.2. The summed E-state index contributed by atoms with van der Waals surface area (Å²) in [6.07, 6.45) is 0. The van der Waals surface area contributed by atoms with E-state index in [1.54, 1.807) is 0 Å². The van der Waals surface area contributed by atoms with E-state index in [0.717, 1.165) is 27.6 Å². The molecule has 3 heteroatoms. The van der Waals surface area contributed by atoms with Crippen molar-refractivity contribution in [3.63, 3.8) is 0 Å². The van der Waals surface area contributed by atoms with Crippen molar-refractivity contribution in [1.29, 1.82) is 0 Å². The van der Waals surface area contributed by atoms with Gasteiger partial charge in [-0.2, -0.15) is 0 Å². The van der Waals surface area contributed by atoms with Crippen molar-refractivity contribution in [2.45, 2.75) is 52.4 Å². The molecule has 258 valence electrons. The Balaban J connectivity index is 1.20. The van der Waals surface area contributed by atoms with Gasteiger partial charge in [0.1, 0.15) is 11.2 Å². The lowest BCUT2D eigenvalue weighted by Crippen LogP contribution is -2.10. The Morgan fingerprint density at radius 3 is 1.40 bits per heavy atom. The maximum absolute atomic E-state index is 6.36. The van der Waals surface area contributed by atoms with E-state index in [1.807, 2.05) is 12.1 Å². The van der Waals surface area contributed by atoms with Crippen LogP contribution in [0.3, 0.4) is 0 Å². The Kier molecular flexibility index (Phi) is 6.70. The van der Waals surface area contributed by atoms with Crippen LogP contribution in [0.15, 0.2) is 150 Å². The van der Waals surface area contributed by atoms with E-state index in [9.17, 15) is 0 Å². The third kappa shape index (κ3) is 4.94. The van der Waals surface area contributed by atoms with Crippen molar-refractivity contribution in [1.82, 2.24) is 9.13 Å². The molecule has 7 aromatic carbocycles. The van der Waals surface area contributed by atoms with Crippen molar-refractivity contribution >= 4 is 65.6 Å². The van der Waals surface area contributed by atoms with Gasteiger partial charge in [0.25, 0.3) is 0 Å². The minimum absolute atomic E-state index is 0.0251. The molecule has 0 aliphatic heterocycles. The van der Waals surface area contributed by atoms with Gasteiger partial charge in [-0.15, -0.1) is 0 Å². The van der Waals surface area contributed by atoms with Gasteiger partial charge in [0, 0.05) is 49.8 Å². The molecule has 0 aliphatic rings. The van der Waals surface area contributed by atoms with Gasteiger partial charge in [0.2, 0.25) is 0 Å². The van der Waals surface area contributed by atoms with Gasteiger partial charge in [-0.1, -0.05) is 102 Å². The van der Waals surface area contributed by atoms with E-state index >= 15 is 0 Å². The summed E-state index contributed by atoms with van der Waals surface area (Å²) in [7, 11) is 0. The first-order chi connectivity index (χ1) is 25.5. The Labute approximate surface area is 309 Å². The van der Waals surface area contributed by atoms with Crippen LogP contribution in [0, 0.1) is 0 Å². The molecule has 0 spiro atoms. The smallest absolute Gasteiger partial charge is 0.137 e. The average molecular weight is 687 g/mol. The summed E-state index contributed by atoms with van der Waals surface area (Å²) < 4.78 is 11.2. The van der Waals surface area contributed by atoms with Crippen LogP contribution in [0.5, 0.6) is 0 Å². The first kappa shape index (κ1) is 31.7. The lowest BCUT2D eigenvalue weighted by molar-refractivity contribution is 0.591. The SMILES string of the molecule is CC(C)(C)c1ccc2c(c1)c1cc(-c3ccc4c(c3)c3cc(C(C)(C)C)ccc3n4-c3ccc4c(c3)oc3ccccc34)ccc1n2-c1ccccc1. The van der Waals surface area contributed by atoms with Gasteiger partial charge in [0.05, 0.1) is 22.1 Å². The van der Waals surface area contributed by atoms with Crippen LogP contribution < -0.4 is 0 Å². The van der Waals surface area contributed by atoms with Crippen LogP contribution in [-0.2, 0) is 10.8 Å². The number of furan rings is 1. The standard InChI is InChI=1S/C50H42N2O/c1-49(2,3)33-18-24-45-41(28-33)39-26-31(16-22-43(39)51(45)35-12-8-7-9-13-35)32-17-23-44-40(27-32)42-29-34(50(4,5)6)19-25-46(42)52(44)36-20-21-38-37-14-10-11-15-47(37)53-48(38)30-36/h7-30H,1-6H3. The Morgan fingerprint density at radius 2 is 0.830 bits per heavy atom. The second-order valence-corrected chi connectivity index (χ2v) is 16.7. The van der Waals surface area contributed by atoms with Crippen molar-refractivity contribution in [2.75, 3.05) is 0 Å². The summed E-state index contributed by atoms with van der Waals surface area (Å²) in [5.74, 6) is 0.